The maximum Gasteiger partial charge on any atom is 0.328 e. The number of aryl methyl sites for hydroxylation is 2. The molecule has 4 nitrogen and oxygen atoms in total. The quantitative estimate of drug-likeness (QED) is 0.714. The first-order valence-corrected chi connectivity index (χ1v) is 7.81. The van der Waals surface area contributed by atoms with E-state index in [1.807, 2.05) is 32.3 Å². The fraction of sp³-hybridized carbons (Fsp3) is 0.312. The van der Waals surface area contributed by atoms with Crippen LogP contribution in [0.5, 0.6) is 0 Å². The van der Waals surface area contributed by atoms with Crippen LogP contribution in [0.25, 0.3) is 11.0 Å². The molecular weight excluding hydrogens is 330 g/mol. The van der Waals surface area contributed by atoms with E-state index in [9.17, 15) is 4.79 Å². The van der Waals surface area contributed by atoms with Crippen molar-refractivity contribution in [3.8, 4) is 0 Å². The predicted octanol–water partition coefficient (Wildman–Crippen LogP) is 3.44. The molecule has 2 aromatic heterocycles. The van der Waals surface area contributed by atoms with Crippen molar-refractivity contribution in [2.24, 2.45) is 14.1 Å². The highest BCUT2D eigenvalue weighted by atomic mass is 79.9. The Morgan fingerprint density at radius 2 is 1.86 bits per heavy atom. The molecule has 3 aromatic rings. The van der Waals surface area contributed by atoms with Crippen molar-refractivity contribution in [1.29, 1.82) is 0 Å². The second-order valence-electron chi connectivity index (χ2n) is 5.31. The molecule has 0 N–H and O–H groups in total. The Kier molecular flexibility index (Phi) is 3.53. The lowest BCUT2D eigenvalue weighted by atomic mass is 10.0. The topological polar surface area (TPSA) is 31.9 Å². The van der Waals surface area contributed by atoms with Gasteiger partial charge in [-0.15, -0.1) is 0 Å². The molecule has 0 radical (unpaired) electrons. The van der Waals surface area contributed by atoms with Crippen LogP contribution >= 0.6 is 15.9 Å². The monoisotopic (exact) mass is 347 g/mol. The highest BCUT2D eigenvalue weighted by molar-refractivity contribution is 9.10. The van der Waals surface area contributed by atoms with Gasteiger partial charge in [0.25, 0.3) is 0 Å². The lowest BCUT2D eigenvalue weighted by molar-refractivity contribution is 0.560. The minimum Gasteiger partial charge on any atom is -0.335 e. The largest absolute Gasteiger partial charge is 0.335 e. The van der Waals surface area contributed by atoms with Gasteiger partial charge in [0.05, 0.1) is 21.7 Å². The summed E-state index contributed by atoms with van der Waals surface area (Å²) in [5.74, 6) is 0. The molecule has 110 valence electrons. The summed E-state index contributed by atoms with van der Waals surface area (Å²) in [7, 11) is 3.63. The third-order valence-corrected chi connectivity index (χ3v) is 4.80. The molecule has 0 saturated carbocycles. The van der Waals surface area contributed by atoms with Crippen LogP contribution < -0.4 is 5.69 Å². The van der Waals surface area contributed by atoms with E-state index in [2.05, 4.69) is 45.8 Å². The highest BCUT2D eigenvalue weighted by Crippen LogP contribution is 2.28. The summed E-state index contributed by atoms with van der Waals surface area (Å²) in [6, 6.07) is 10.6. The smallest absolute Gasteiger partial charge is 0.328 e. The van der Waals surface area contributed by atoms with Gasteiger partial charge in [-0.25, -0.2) is 4.79 Å². The molecule has 0 saturated heterocycles. The number of halogens is 1. The van der Waals surface area contributed by atoms with Gasteiger partial charge in [-0.1, -0.05) is 13.0 Å². The molecular formula is C16H18BrN3O. The normalized spacial score (nSPS) is 13.0. The van der Waals surface area contributed by atoms with Crippen LogP contribution in [0.4, 0.5) is 0 Å². The maximum atomic E-state index is 12.0. The first-order chi connectivity index (χ1) is 10.0. The fourth-order valence-corrected chi connectivity index (χ4v) is 3.47. The van der Waals surface area contributed by atoms with Crippen LogP contribution in [0.1, 0.15) is 24.9 Å². The van der Waals surface area contributed by atoms with Gasteiger partial charge in [0.15, 0.2) is 0 Å². The van der Waals surface area contributed by atoms with Crippen molar-refractivity contribution in [3.05, 3.63) is 57.2 Å². The van der Waals surface area contributed by atoms with Gasteiger partial charge in [-0.05, 0) is 52.2 Å². The Balaban J connectivity index is 2.18. The summed E-state index contributed by atoms with van der Waals surface area (Å²) in [6.45, 7) is 2.17. The lowest BCUT2D eigenvalue weighted by Crippen LogP contribution is -2.19. The molecule has 5 heteroatoms. The SMILES string of the molecule is CCC(c1ccc2c(c1)n(C)c(=O)n2C)n1cccc1Br. The summed E-state index contributed by atoms with van der Waals surface area (Å²) in [6.07, 6.45) is 3.06. The zero-order chi connectivity index (χ0) is 15.1. The van der Waals surface area contributed by atoms with Gasteiger partial charge in [0.1, 0.15) is 0 Å². The number of fused-ring (bicyclic) bond motifs is 1. The van der Waals surface area contributed by atoms with E-state index in [1.54, 1.807) is 9.13 Å². The molecule has 0 bridgehead atoms. The number of benzene rings is 1. The molecule has 1 atom stereocenters. The average Bonchev–Trinajstić information content (AvgIpc) is 2.99. The van der Waals surface area contributed by atoms with E-state index in [1.165, 1.54) is 5.56 Å². The Morgan fingerprint density at radius 3 is 2.48 bits per heavy atom. The van der Waals surface area contributed by atoms with Crippen LogP contribution in [0, 0.1) is 0 Å². The molecule has 0 aliphatic heterocycles. The number of nitrogens with zero attached hydrogens (tertiary/aromatic N) is 3. The van der Waals surface area contributed by atoms with E-state index in [4.69, 9.17) is 0 Å². The summed E-state index contributed by atoms with van der Waals surface area (Å²) in [5, 5.41) is 0. The van der Waals surface area contributed by atoms with Crippen LogP contribution in [0.15, 0.2) is 45.9 Å². The Morgan fingerprint density at radius 1 is 1.14 bits per heavy atom. The zero-order valence-corrected chi connectivity index (χ0v) is 14.0. The minimum absolute atomic E-state index is 0.0114. The van der Waals surface area contributed by atoms with E-state index in [-0.39, 0.29) is 11.7 Å². The third kappa shape index (κ3) is 2.16. The second kappa shape index (κ2) is 5.22. The molecule has 0 aliphatic carbocycles. The molecule has 1 aromatic carbocycles. The van der Waals surface area contributed by atoms with Crippen molar-refractivity contribution >= 4 is 27.0 Å². The first-order valence-electron chi connectivity index (χ1n) is 7.02. The summed E-state index contributed by atoms with van der Waals surface area (Å²) >= 11 is 3.59. The van der Waals surface area contributed by atoms with E-state index in [0.717, 1.165) is 22.1 Å². The van der Waals surface area contributed by atoms with Crippen LogP contribution in [-0.4, -0.2) is 13.7 Å². The van der Waals surface area contributed by atoms with Crippen LogP contribution in [-0.2, 0) is 14.1 Å². The van der Waals surface area contributed by atoms with E-state index >= 15 is 0 Å². The Bertz CT molecular complexity index is 856. The van der Waals surface area contributed by atoms with Crippen molar-refractivity contribution in [3.63, 3.8) is 0 Å². The highest BCUT2D eigenvalue weighted by Gasteiger charge is 2.16. The third-order valence-electron chi connectivity index (χ3n) is 4.13. The van der Waals surface area contributed by atoms with Crippen molar-refractivity contribution in [2.75, 3.05) is 0 Å². The van der Waals surface area contributed by atoms with Crippen LogP contribution in [0.2, 0.25) is 0 Å². The van der Waals surface area contributed by atoms with E-state index in [0.29, 0.717) is 0 Å². The molecule has 1 unspecified atom stereocenters. The number of hydrogen-bond donors (Lipinski definition) is 0. The van der Waals surface area contributed by atoms with Gasteiger partial charge < -0.3 is 4.57 Å². The van der Waals surface area contributed by atoms with Crippen molar-refractivity contribution < 1.29 is 0 Å². The fourth-order valence-electron chi connectivity index (χ4n) is 2.95. The number of hydrogen-bond acceptors (Lipinski definition) is 1. The summed E-state index contributed by atoms with van der Waals surface area (Å²) in [5.41, 5.74) is 3.16. The predicted molar refractivity (Wildman–Crippen MR) is 88.7 cm³/mol. The summed E-state index contributed by atoms with van der Waals surface area (Å²) in [4.78, 5) is 12.0. The lowest BCUT2D eigenvalue weighted by Gasteiger charge is -2.19. The molecule has 3 rings (SSSR count). The van der Waals surface area contributed by atoms with Gasteiger partial charge >= 0.3 is 5.69 Å². The Hall–Kier alpha value is -1.75. The number of rotatable bonds is 3. The number of imidazole rings is 1. The van der Waals surface area contributed by atoms with Crippen molar-refractivity contribution in [2.45, 2.75) is 19.4 Å². The molecule has 0 amide bonds. The Labute approximate surface area is 131 Å². The average molecular weight is 348 g/mol. The minimum atomic E-state index is 0.0114. The molecule has 0 fully saturated rings. The standard InChI is InChI=1S/C16H18BrN3O/c1-4-12(20-9-5-6-15(20)17)11-7-8-13-14(10-11)19(3)16(21)18(13)2/h5-10,12H,4H2,1-3H3. The van der Waals surface area contributed by atoms with E-state index < -0.39 is 0 Å². The van der Waals surface area contributed by atoms with Gasteiger partial charge in [0.2, 0.25) is 0 Å². The first kappa shape index (κ1) is 14.2. The number of aromatic nitrogens is 3. The molecule has 21 heavy (non-hydrogen) atoms. The van der Waals surface area contributed by atoms with Crippen LogP contribution in [0.3, 0.4) is 0 Å². The van der Waals surface area contributed by atoms with Gasteiger partial charge in [-0.2, -0.15) is 0 Å². The maximum absolute atomic E-state index is 12.0. The summed E-state index contributed by atoms with van der Waals surface area (Å²) < 4.78 is 6.67. The zero-order valence-electron chi connectivity index (χ0n) is 12.4. The van der Waals surface area contributed by atoms with Gasteiger partial charge in [-0.3, -0.25) is 9.13 Å². The van der Waals surface area contributed by atoms with Crippen molar-refractivity contribution in [1.82, 2.24) is 13.7 Å². The molecule has 0 spiro atoms. The van der Waals surface area contributed by atoms with Gasteiger partial charge in [0, 0.05) is 20.3 Å². The molecule has 0 aliphatic rings. The molecule has 2 heterocycles. The second-order valence-corrected chi connectivity index (χ2v) is 6.12.